The third-order valence-electron chi connectivity index (χ3n) is 4.40. The molecule has 0 aromatic carbocycles. The second-order valence-corrected chi connectivity index (χ2v) is 6.87. The van der Waals surface area contributed by atoms with Crippen LogP contribution in [-0.4, -0.2) is 81.7 Å². The Hall–Kier alpha value is -3.22. The van der Waals surface area contributed by atoms with Crippen molar-refractivity contribution in [1.29, 1.82) is 0 Å². The van der Waals surface area contributed by atoms with Crippen LogP contribution in [0.5, 0.6) is 0 Å². The van der Waals surface area contributed by atoms with Crippen LogP contribution in [0, 0.1) is 0 Å². The van der Waals surface area contributed by atoms with Crippen molar-refractivity contribution in [3.05, 3.63) is 0 Å². The lowest BCUT2D eigenvalue weighted by Crippen LogP contribution is -2.57. The Morgan fingerprint density at radius 2 is 1.57 bits per heavy atom. The van der Waals surface area contributed by atoms with Gasteiger partial charge in [0.2, 0.25) is 17.7 Å². The highest BCUT2D eigenvalue weighted by Gasteiger charge is 2.32. The minimum absolute atomic E-state index is 0.285. The Morgan fingerprint density at radius 3 is 2.07 bits per heavy atom. The molecule has 0 spiro atoms. The fourth-order valence-corrected chi connectivity index (χ4v) is 2.75. The van der Waals surface area contributed by atoms with E-state index in [4.69, 9.17) is 15.3 Å². The van der Waals surface area contributed by atoms with Gasteiger partial charge >= 0.3 is 17.9 Å². The molecule has 0 saturated carbocycles. The summed E-state index contributed by atoms with van der Waals surface area (Å²) in [5.41, 5.74) is 0. The minimum atomic E-state index is -1.62. The van der Waals surface area contributed by atoms with Gasteiger partial charge in [0.15, 0.2) is 0 Å². The summed E-state index contributed by atoms with van der Waals surface area (Å²) in [6, 6.07) is -4.82. The number of nitrogens with one attached hydrogen (secondary N) is 4. The smallest absolute Gasteiger partial charge is 0.325 e. The van der Waals surface area contributed by atoms with Crippen LogP contribution >= 0.6 is 0 Å². The predicted molar refractivity (Wildman–Crippen MR) is 99.2 cm³/mol. The summed E-state index contributed by atoms with van der Waals surface area (Å²) in [5, 5.41) is 36.3. The first-order chi connectivity index (χ1) is 14.0. The molecule has 1 aliphatic rings. The van der Waals surface area contributed by atoms with Crippen LogP contribution in [0.1, 0.15) is 39.0 Å². The molecule has 7 N–H and O–H groups in total. The van der Waals surface area contributed by atoms with Gasteiger partial charge in [-0.25, -0.2) is 0 Å². The molecule has 0 aromatic rings. The Kier molecular flexibility index (Phi) is 9.68. The van der Waals surface area contributed by atoms with Crippen LogP contribution in [0.4, 0.5) is 0 Å². The molecule has 1 heterocycles. The van der Waals surface area contributed by atoms with E-state index in [1.54, 1.807) is 0 Å². The number of carbonyl (C=O) groups excluding carboxylic acids is 3. The van der Waals surface area contributed by atoms with Gasteiger partial charge < -0.3 is 36.6 Å². The van der Waals surface area contributed by atoms with Crippen LogP contribution in [0.15, 0.2) is 0 Å². The molecule has 13 nitrogen and oxygen atoms in total. The summed E-state index contributed by atoms with van der Waals surface area (Å²) in [5.74, 6) is -6.51. The van der Waals surface area contributed by atoms with E-state index in [0.29, 0.717) is 13.0 Å². The number of hydrogen-bond acceptors (Lipinski definition) is 7. The van der Waals surface area contributed by atoms with Gasteiger partial charge in [0.05, 0.1) is 12.5 Å². The maximum absolute atomic E-state index is 12.6. The van der Waals surface area contributed by atoms with E-state index in [9.17, 15) is 28.8 Å². The maximum atomic E-state index is 12.6. The molecule has 1 saturated heterocycles. The van der Waals surface area contributed by atoms with Crippen LogP contribution in [-0.2, 0) is 28.8 Å². The summed E-state index contributed by atoms with van der Waals surface area (Å²) in [4.78, 5) is 69.9. The average molecular weight is 430 g/mol. The molecule has 1 fully saturated rings. The Labute approximate surface area is 171 Å². The number of carbonyl (C=O) groups is 6. The van der Waals surface area contributed by atoms with Crippen LogP contribution < -0.4 is 21.3 Å². The Bertz CT molecular complexity index is 691. The summed E-state index contributed by atoms with van der Waals surface area (Å²) in [6.45, 7) is 1.77. The van der Waals surface area contributed by atoms with Gasteiger partial charge in [0.1, 0.15) is 18.1 Å². The Morgan fingerprint density at radius 1 is 0.933 bits per heavy atom. The summed E-state index contributed by atoms with van der Waals surface area (Å²) in [6.07, 6.45) is -0.286. The third-order valence-corrected chi connectivity index (χ3v) is 4.40. The van der Waals surface area contributed by atoms with Crippen molar-refractivity contribution in [2.24, 2.45) is 0 Å². The van der Waals surface area contributed by atoms with Gasteiger partial charge in [0.25, 0.3) is 0 Å². The van der Waals surface area contributed by atoms with Crippen LogP contribution in [0.2, 0.25) is 0 Å². The first-order valence-corrected chi connectivity index (χ1v) is 9.32. The van der Waals surface area contributed by atoms with Crippen molar-refractivity contribution >= 4 is 35.6 Å². The fourth-order valence-electron chi connectivity index (χ4n) is 2.75. The minimum Gasteiger partial charge on any atom is -0.481 e. The highest BCUT2D eigenvalue weighted by molar-refractivity contribution is 5.95. The molecule has 4 atom stereocenters. The topological polar surface area (TPSA) is 211 Å². The normalized spacial score (nSPS) is 18.5. The van der Waals surface area contributed by atoms with Gasteiger partial charge in [-0.3, -0.25) is 28.8 Å². The maximum Gasteiger partial charge on any atom is 0.325 e. The molecule has 0 bridgehead atoms. The summed E-state index contributed by atoms with van der Waals surface area (Å²) < 4.78 is 0. The van der Waals surface area contributed by atoms with Crippen LogP contribution in [0.3, 0.4) is 0 Å². The summed E-state index contributed by atoms with van der Waals surface area (Å²) in [7, 11) is 0. The number of aliphatic carboxylic acids is 3. The number of rotatable bonds is 12. The van der Waals surface area contributed by atoms with E-state index in [0.717, 1.165) is 13.3 Å². The van der Waals surface area contributed by atoms with E-state index in [1.165, 1.54) is 0 Å². The Balaban J connectivity index is 2.88. The zero-order valence-electron chi connectivity index (χ0n) is 16.3. The molecular weight excluding hydrogens is 404 g/mol. The molecule has 0 radical (unpaired) electrons. The second-order valence-electron chi connectivity index (χ2n) is 6.87. The molecular formula is C17H26N4O9. The second kappa shape index (κ2) is 11.7. The van der Waals surface area contributed by atoms with E-state index >= 15 is 0 Å². The van der Waals surface area contributed by atoms with Gasteiger partial charge in [-0.05, 0) is 32.7 Å². The highest BCUT2D eigenvalue weighted by Crippen LogP contribution is 2.07. The molecule has 168 valence electrons. The van der Waals surface area contributed by atoms with Crippen LogP contribution in [0.25, 0.3) is 0 Å². The van der Waals surface area contributed by atoms with Gasteiger partial charge in [-0.2, -0.15) is 0 Å². The van der Waals surface area contributed by atoms with Crippen molar-refractivity contribution in [2.75, 3.05) is 6.54 Å². The molecule has 0 aromatic heterocycles. The van der Waals surface area contributed by atoms with E-state index < -0.39 is 72.6 Å². The summed E-state index contributed by atoms with van der Waals surface area (Å²) >= 11 is 0. The first-order valence-electron chi connectivity index (χ1n) is 9.32. The van der Waals surface area contributed by atoms with E-state index in [1.807, 2.05) is 0 Å². The van der Waals surface area contributed by atoms with Crippen molar-refractivity contribution in [2.45, 2.75) is 63.2 Å². The lowest BCUT2D eigenvalue weighted by Gasteiger charge is -2.23. The molecule has 13 heteroatoms. The SMILES string of the molecule is CC(NC(=O)C(CC(=O)O)NC(=O)C(CCC(=O)O)NC(=O)C1CCCN1)C(=O)O. The average Bonchev–Trinajstić information content (AvgIpc) is 3.18. The van der Waals surface area contributed by atoms with E-state index in [2.05, 4.69) is 21.3 Å². The zero-order chi connectivity index (χ0) is 22.8. The molecule has 0 aliphatic carbocycles. The van der Waals surface area contributed by atoms with Crippen molar-refractivity contribution in [3.63, 3.8) is 0 Å². The third kappa shape index (κ3) is 8.43. The van der Waals surface area contributed by atoms with Crippen molar-refractivity contribution in [1.82, 2.24) is 21.3 Å². The standard InChI is InChI=1S/C17H26N4O9/c1-8(17(29)30)19-16(28)11(7-13(24)25)21-15(27)10(4-5-12(22)23)20-14(26)9-3-2-6-18-9/h8-11,18H,2-7H2,1H3,(H,19,28)(H,20,26)(H,21,27)(H,22,23)(H,24,25)(H,29,30). The largest absolute Gasteiger partial charge is 0.481 e. The molecule has 4 unspecified atom stereocenters. The van der Waals surface area contributed by atoms with Crippen molar-refractivity contribution < 1.29 is 44.1 Å². The molecule has 30 heavy (non-hydrogen) atoms. The van der Waals surface area contributed by atoms with Gasteiger partial charge in [0, 0.05) is 6.42 Å². The number of hydrogen-bond donors (Lipinski definition) is 7. The number of amides is 3. The zero-order valence-corrected chi connectivity index (χ0v) is 16.3. The lowest BCUT2D eigenvalue weighted by molar-refractivity contribution is -0.143. The van der Waals surface area contributed by atoms with E-state index in [-0.39, 0.29) is 6.42 Å². The number of carboxylic acid groups (broad SMARTS) is 3. The van der Waals surface area contributed by atoms with Crippen molar-refractivity contribution in [3.8, 4) is 0 Å². The van der Waals surface area contributed by atoms with Gasteiger partial charge in [-0.15, -0.1) is 0 Å². The molecule has 1 aliphatic heterocycles. The highest BCUT2D eigenvalue weighted by atomic mass is 16.4. The predicted octanol–water partition coefficient (Wildman–Crippen LogP) is -2.36. The first kappa shape index (κ1) is 24.8. The fraction of sp³-hybridized carbons (Fsp3) is 0.647. The van der Waals surface area contributed by atoms with Gasteiger partial charge in [-0.1, -0.05) is 0 Å². The monoisotopic (exact) mass is 430 g/mol. The molecule has 1 rings (SSSR count). The lowest BCUT2D eigenvalue weighted by atomic mass is 10.1. The molecule has 3 amide bonds. The quantitative estimate of drug-likeness (QED) is 0.175. The number of carboxylic acids is 3.